The average Bonchev–Trinajstić information content (AvgIpc) is 3.05. The third kappa shape index (κ3) is 4.96. The molecule has 0 saturated heterocycles. The van der Waals surface area contributed by atoms with E-state index in [2.05, 4.69) is 22.0 Å². The largest absolute Gasteiger partial charge is 0.486 e. The first-order valence-electron chi connectivity index (χ1n) is 8.27. The summed E-state index contributed by atoms with van der Waals surface area (Å²) >= 11 is 3.37. The van der Waals surface area contributed by atoms with Gasteiger partial charge in [-0.25, -0.2) is 0 Å². The van der Waals surface area contributed by atoms with Gasteiger partial charge < -0.3 is 9.15 Å². The lowest BCUT2D eigenvalue weighted by molar-refractivity contribution is 0.104. The van der Waals surface area contributed by atoms with Crippen LogP contribution in [0, 0.1) is 13.8 Å². The van der Waals surface area contributed by atoms with Gasteiger partial charge in [0.05, 0.1) is 0 Å². The number of ether oxygens (including phenoxy) is 1. The molecule has 0 bridgehead atoms. The maximum atomic E-state index is 12.2. The summed E-state index contributed by atoms with van der Waals surface area (Å²) in [6, 6.07) is 17.1. The summed E-state index contributed by atoms with van der Waals surface area (Å²) < 4.78 is 12.4. The lowest BCUT2D eigenvalue weighted by Crippen LogP contribution is -1.94. The highest BCUT2D eigenvalue weighted by atomic mass is 79.9. The van der Waals surface area contributed by atoms with Crippen molar-refractivity contribution in [3.8, 4) is 5.75 Å². The summed E-state index contributed by atoms with van der Waals surface area (Å²) in [5, 5.41) is 0. The molecule has 0 atom stereocenters. The van der Waals surface area contributed by atoms with Crippen LogP contribution in [-0.2, 0) is 6.61 Å². The van der Waals surface area contributed by atoms with E-state index in [1.54, 1.807) is 18.2 Å². The average molecular weight is 411 g/mol. The zero-order valence-corrected chi connectivity index (χ0v) is 16.2. The maximum Gasteiger partial charge on any atom is 0.186 e. The van der Waals surface area contributed by atoms with Crippen molar-refractivity contribution in [1.29, 1.82) is 0 Å². The first-order chi connectivity index (χ1) is 12.5. The zero-order valence-electron chi connectivity index (χ0n) is 14.7. The third-order valence-electron chi connectivity index (χ3n) is 3.77. The van der Waals surface area contributed by atoms with E-state index in [-0.39, 0.29) is 5.78 Å². The minimum absolute atomic E-state index is 0.0734. The number of hydrogen-bond donors (Lipinski definition) is 0. The van der Waals surface area contributed by atoms with Crippen molar-refractivity contribution >= 4 is 27.8 Å². The van der Waals surface area contributed by atoms with E-state index < -0.39 is 0 Å². The molecule has 26 heavy (non-hydrogen) atoms. The second-order valence-electron chi connectivity index (χ2n) is 6.12. The number of allylic oxidation sites excluding steroid dienone is 1. The van der Waals surface area contributed by atoms with Gasteiger partial charge in [0.25, 0.3) is 0 Å². The molecule has 0 radical (unpaired) electrons. The van der Waals surface area contributed by atoms with Crippen molar-refractivity contribution in [3.63, 3.8) is 0 Å². The van der Waals surface area contributed by atoms with Gasteiger partial charge in [-0.3, -0.25) is 4.79 Å². The number of rotatable bonds is 6. The number of hydrogen-bond acceptors (Lipinski definition) is 3. The number of furan rings is 1. The predicted octanol–water partition coefficient (Wildman–Crippen LogP) is 6.13. The van der Waals surface area contributed by atoms with Gasteiger partial charge in [-0.2, -0.15) is 0 Å². The van der Waals surface area contributed by atoms with Crippen molar-refractivity contribution in [1.82, 2.24) is 0 Å². The van der Waals surface area contributed by atoms with E-state index in [9.17, 15) is 4.79 Å². The summed E-state index contributed by atoms with van der Waals surface area (Å²) in [5.41, 5.74) is 2.95. The predicted molar refractivity (Wildman–Crippen MR) is 106 cm³/mol. The molecule has 3 rings (SSSR count). The van der Waals surface area contributed by atoms with E-state index in [4.69, 9.17) is 9.15 Å². The number of aryl methyl sites for hydroxylation is 2. The van der Waals surface area contributed by atoms with E-state index in [0.717, 1.165) is 21.3 Å². The number of ketones is 1. The molecular weight excluding hydrogens is 392 g/mol. The summed E-state index contributed by atoms with van der Waals surface area (Å²) in [5.74, 6) is 2.07. The van der Waals surface area contributed by atoms with Crippen molar-refractivity contribution in [3.05, 3.63) is 93.4 Å². The maximum absolute atomic E-state index is 12.2. The van der Waals surface area contributed by atoms with Crippen LogP contribution >= 0.6 is 15.9 Å². The van der Waals surface area contributed by atoms with Crippen molar-refractivity contribution in [2.75, 3.05) is 0 Å². The summed E-state index contributed by atoms with van der Waals surface area (Å²) in [6.07, 6.45) is 3.18. The summed E-state index contributed by atoms with van der Waals surface area (Å²) in [7, 11) is 0. The van der Waals surface area contributed by atoms with Gasteiger partial charge in [0, 0.05) is 10.0 Å². The van der Waals surface area contributed by atoms with Gasteiger partial charge >= 0.3 is 0 Å². The Bertz CT molecular complexity index is 933. The SMILES string of the molecule is Cc1cc(C)cc(OCc2ccc(/C=C/C(=O)c3cccc(Br)c3)o2)c1. The molecule has 0 saturated carbocycles. The van der Waals surface area contributed by atoms with Gasteiger partial charge in [-0.15, -0.1) is 0 Å². The third-order valence-corrected chi connectivity index (χ3v) is 4.26. The summed E-state index contributed by atoms with van der Waals surface area (Å²) in [6.45, 7) is 4.42. The van der Waals surface area contributed by atoms with E-state index >= 15 is 0 Å². The molecular formula is C22H19BrO3. The number of carbonyl (C=O) groups is 1. The molecule has 2 aromatic carbocycles. The van der Waals surface area contributed by atoms with Gasteiger partial charge in [0.15, 0.2) is 5.78 Å². The topological polar surface area (TPSA) is 39.4 Å². The Kier molecular flexibility index (Phi) is 5.74. The molecule has 0 aliphatic heterocycles. The minimum Gasteiger partial charge on any atom is -0.486 e. The van der Waals surface area contributed by atoms with E-state index in [1.807, 2.05) is 50.2 Å². The van der Waals surface area contributed by atoms with Crippen LogP contribution in [0.15, 0.2) is 69.6 Å². The number of benzene rings is 2. The Morgan fingerprint density at radius 3 is 2.58 bits per heavy atom. The molecule has 0 spiro atoms. The first kappa shape index (κ1) is 18.2. The molecule has 1 heterocycles. The van der Waals surface area contributed by atoms with E-state index in [0.29, 0.717) is 23.7 Å². The zero-order chi connectivity index (χ0) is 18.5. The molecule has 0 amide bonds. The molecule has 1 aromatic heterocycles. The fourth-order valence-corrected chi connectivity index (χ4v) is 3.03. The van der Waals surface area contributed by atoms with Gasteiger partial charge in [0.2, 0.25) is 0 Å². The van der Waals surface area contributed by atoms with Crippen LogP contribution in [0.25, 0.3) is 6.08 Å². The second-order valence-corrected chi connectivity index (χ2v) is 7.04. The molecule has 0 fully saturated rings. The van der Waals surface area contributed by atoms with Crippen molar-refractivity contribution < 1.29 is 13.9 Å². The number of carbonyl (C=O) groups excluding carboxylic acids is 1. The monoisotopic (exact) mass is 410 g/mol. The normalized spacial score (nSPS) is 11.0. The van der Waals surface area contributed by atoms with Crippen LogP contribution in [0.5, 0.6) is 5.75 Å². The molecule has 0 unspecified atom stereocenters. The number of halogens is 1. The Morgan fingerprint density at radius 1 is 1.08 bits per heavy atom. The minimum atomic E-state index is -0.0734. The highest BCUT2D eigenvalue weighted by Crippen LogP contribution is 2.19. The van der Waals surface area contributed by atoms with Crippen LogP contribution < -0.4 is 4.74 Å². The fraction of sp³-hybridized carbons (Fsp3) is 0.136. The van der Waals surface area contributed by atoms with Gasteiger partial charge in [0.1, 0.15) is 23.9 Å². The second kappa shape index (κ2) is 8.19. The van der Waals surface area contributed by atoms with Gasteiger partial charge in [-0.05, 0) is 73.5 Å². The first-order valence-corrected chi connectivity index (χ1v) is 9.07. The molecule has 0 N–H and O–H groups in total. The Balaban J connectivity index is 1.61. The highest BCUT2D eigenvalue weighted by molar-refractivity contribution is 9.10. The lowest BCUT2D eigenvalue weighted by atomic mass is 10.1. The Labute approximate surface area is 161 Å². The molecule has 0 aliphatic carbocycles. The van der Waals surface area contributed by atoms with Crippen LogP contribution in [0.1, 0.15) is 33.0 Å². The quantitative estimate of drug-likeness (QED) is 0.362. The Hall–Kier alpha value is -2.59. The lowest BCUT2D eigenvalue weighted by Gasteiger charge is -2.06. The molecule has 3 nitrogen and oxygen atoms in total. The smallest absolute Gasteiger partial charge is 0.186 e. The Morgan fingerprint density at radius 2 is 1.85 bits per heavy atom. The van der Waals surface area contributed by atoms with Crippen LogP contribution in [0.3, 0.4) is 0 Å². The molecule has 0 aliphatic rings. The molecule has 4 heteroatoms. The van der Waals surface area contributed by atoms with Crippen LogP contribution in [0.4, 0.5) is 0 Å². The molecule has 3 aromatic rings. The standard InChI is InChI=1S/C22H19BrO3/c1-15-10-16(2)12-21(11-15)25-14-20-7-6-19(26-20)8-9-22(24)17-4-3-5-18(23)13-17/h3-13H,14H2,1-2H3/b9-8+. The van der Waals surface area contributed by atoms with Crippen molar-refractivity contribution in [2.45, 2.75) is 20.5 Å². The fourth-order valence-electron chi connectivity index (χ4n) is 2.63. The van der Waals surface area contributed by atoms with E-state index in [1.165, 1.54) is 6.08 Å². The highest BCUT2D eigenvalue weighted by Gasteiger charge is 2.05. The molecule has 132 valence electrons. The van der Waals surface area contributed by atoms with Crippen molar-refractivity contribution in [2.24, 2.45) is 0 Å². The van der Waals surface area contributed by atoms with Gasteiger partial charge in [-0.1, -0.05) is 34.1 Å². The summed E-state index contributed by atoms with van der Waals surface area (Å²) in [4.78, 5) is 12.2. The van der Waals surface area contributed by atoms with Crippen LogP contribution in [-0.4, -0.2) is 5.78 Å². The van der Waals surface area contributed by atoms with Crippen LogP contribution in [0.2, 0.25) is 0 Å².